The van der Waals surface area contributed by atoms with E-state index in [1.807, 2.05) is 12.1 Å². The van der Waals surface area contributed by atoms with Crippen LogP contribution >= 0.6 is 11.8 Å². The number of hydrogen-bond acceptors (Lipinski definition) is 3. The minimum absolute atomic E-state index is 0.0790. The second-order valence-corrected chi connectivity index (χ2v) is 4.94. The summed E-state index contributed by atoms with van der Waals surface area (Å²) in [6.07, 6.45) is -0.588. The second kappa shape index (κ2) is 5.06. The minimum atomic E-state index is -0.588. The Kier molecular flexibility index (Phi) is 3.69. The van der Waals surface area contributed by atoms with E-state index >= 15 is 0 Å². The lowest BCUT2D eigenvalue weighted by atomic mass is 10.1. The van der Waals surface area contributed by atoms with Gasteiger partial charge in [-0.15, -0.1) is 11.8 Å². The normalized spacial score (nSPS) is 16.9. The zero-order valence-electron chi connectivity index (χ0n) is 9.52. The van der Waals surface area contributed by atoms with Gasteiger partial charge in [-0.3, -0.25) is 4.79 Å². The van der Waals surface area contributed by atoms with Crippen LogP contribution in [0.4, 0.5) is 10.1 Å². The minimum Gasteiger partial charge on any atom is -0.389 e. The lowest BCUT2D eigenvalue weighted by Gasteiger charge is -2.28. The van der Waals surface area contributed by atoms with Crippen LogP contribution in [0, 0.1) is 0 Å². The molecule has 3 nitrogen and oxygen atoms in total. The summed E-state index contributed by atoms with van der Waals surface area (Å²) in [5.74, 6) is 0.268. The first-order valence-electron chi connectivity index (χ1n) is 5.44. The van der Waals surface area contributed by atoms with Crippen LogP contribution in [0.5, 0.6) is 0 Å². The van der Waals surface area contributed by atoms with Crippen LogP contribution in [0.25, 0.3) is 0 Å². The number of rotatable bonds is 3. The van der Waals surface area contributed by atoms with E-state index in [4.69, 9.17) is 0 Å². The molecule has 1 amide bonds. The number of aliphatic hydroxyl groups is 1. The van der Waals surface area contributed by atoms with Gasteiger partial charge in [0.15, 0.2) is 0 Å². The molecule has 0 saturated carbocycles. The van der Waals surface area contributed by atoms with Crippen molar-refractivity contribution in [3.63, 3.8) is 0 Å². The Morgan fingerprint density at radius 2 is 2.35 bits per heavy atom. The summed E-state index contributed by atoms with van der Waals surface area (Å²) in [4.78, 5) is 14.1. The predicted octanol–water partition coefficient (Wildman–Crippen LogP) is 2.15. The van der Waals surface area contributed by atoms with E-state index in [9.17, 15) is 14.3 Å². The summed E-state index contributed by atoms with van der Waals surface area (Å²) in [6, 6.07) is 5.47. The molecule has 0 aliphatic carbocycles. The highest BCUT2D eigenvalue weighted by Gasteiger charge is 2.24. The van der Waals surface area contributed by atoms with Crippen molar-refractivity contribution in [1.29, 1.82) is 0 Å². The van der Waals surface area contributed by atoms with E-state index in [-0.39, 0.29) is 12.5 Å². The molecule has 1 aromatic carbocycles. The lowest BCUT2D eigenvalue weighted by molar-refractivity contribution is -0.116. The average molecular weight is 255 g/mol. The van der Waals surface area contributed by atoms with Crippen molar-refractivity contribution in [2.75, 3.05) is 23.9 Å². The van der Waals surface area contributed by atoms with Gasteiger partial charge in [-0.1, -0.05) is 6.07 Å². The van der Waals surface area contributed by atoms with Gasteiger partial charge in [0.1, 0.15) is 6.67 Å². The Bertz CT molecular complexity index is 437. The van der Waals surface area contributed by atoms with Crippen LogP contribution in [0.3, 0.4) is 0 Å². The maximum absolute atomic E-state index is 12.5. The molecule has 0 bridgehead atoms. The number of benzene rings is 1. The van der Waals surface area contributed by atoms with Gasteiger partial charge in [0, 0.05) is 4.90 Å². The zero-order valence-corrected chi connectivity index (χ0v) is 10.3. The van der Waals surface area contributed by atoms with Crippen molar-refractivity contribution in [1.82, 2.24) is 0 Å². The Morgan fingerprint density at radius 1 is 1.59 bits per heavy atom. The van der Waals surface area contributed by atoms with Crippen molar-refractivity contribution < 1.29 is 14.3 Å². The third-order valence-corrected chi connectivity index (χ3v) is 3.76. The molecule has 1 heterocycles. The van der Waals surface area contributed by atoms with Crippen LogP contribution in [0.2, 0.25) is 0 Å². The van der Waals surface area contributed by atoms with Gasteiger partial charge < -0.3 is 10.0 Å². The van der Waals surface area contributed by atoms with Crippen molar-refractivity contribution in [3.8, 4) is 0 Å². The Hall–Kier alpha value is -1.07. The fourth-order valence-electron chi connectivity index (χ4n) is 1.81. The van der Waals surface area contributed by atoms with Gasteiger partial charge >= 0.3 is 0 Å². The smallest absolute Gasteiger partial charge is 0.237 e. The van der Waals surface area contributed by atoms with Gasteiger partial charge in [-0.25, -0.2) is 4.39 Å². The van der Waals surface area contributed by atoms with Gasteiger partial charge in [0.2, 0.25) is 5.91 Å². The Balaban J connectivity index is 2.41. The Labute approximate surface area is 104 Å². The number of nitrogens with zero attached hydrogens (tertiary/aromatic N) is 1. The molecule has 1 aliphatic heterocycles. The monoisotopic (exact) mass is 255 g/mol. The number of fused-ring (bicyclic) bond motifs is 1. The highest BCUT2D eigenvalue weighted by molar-refractivity contribution is 8.00. The first-order chi connectivity index (χ1) is 8.13. The molecular weight excluding hydrogens is 241 g/mol. The van der Waals surface area contributed by atoms with Crippen LogP contribution in [0.1, 0.15) is 18.6 Å². The van der Waals surface area contributed by atoms with Gasteiger partial charge in [-0.05, 0) is 24.6 Å². The van der Waals surface area contributed by atoms with E-state index in [0.29, 0.717) is 11.4 Å². The summed E-state index contributed by atoms with van der Waals surface area (Å²) in [7, 11) is 0. The number of amides is 1. The van der Waals surface area contributed by atoms with Crippen LogP contribution < -0.4 is 4.90 Å². The third kappa shape index (κ3) is 2.45. The molecule has 5 heteroatoms. The molecule has 2 rings (SSSR count). The zero-order chi connectivity index (χ0) is 12.4. The van der Waals surface area contributed by atoms with E-state index in [2.05, 4.69) is 0 Å². The number of halogens is 1. The summed E-state index contributed by atoms with van der Waals surface area (Å²) in [5, 5.41) is 9.52. The number of anilines is 1. The number of carbonyl (C=O) groups is 1. The van der Waals surface area contributed by atoms with E-state index in [1.54, 1.807) is 13.0 Å². The number of carbonyl (C=O) groups excluding carboxylic acids is 1. The fraction of sp³-hybridized carbons (Fsp3) is 0.417. The fourth-order valence-corrected chi connectivity index (χ4v) is 2.72. The third-order valence-electron chi connectivity index (χ3n) is 2.72. The van der Waals surface area contributed by atoms with Crippen molar-refractivity contribution in [2.24, 2.45) is 0 Å². The lowest BCUT2D eigenvalue weighted by Crippen LogP contribution is -2.37. The molecule has 1 unspecified atom stereocenters. The predicted molar refractivity (Wildman–Crippen MR) is 66.1 cm³/mol. The maximum Gasteiger partial charge on any atom is 0.237 e. The summed E-state index contributed by atoms with van der Waals surface area (Å²) >= 11 is 1.45. The highest BCUT2D eigenvalue weighted by atomic mass is 32.2. The standard InChI is InChI=1S/C12H14FNO2S/c1-8(15)9-2-3-11-10(6-9)14(5-4-13)12(16)7-17-11/h2-3,6,8,15H,4-5,7H2,1H3. The summed E-state index contributed by atoms with van der Waals surface area (Å²) in [6.45, 7) is 1.18. The SMILES string of the molecule is CC(O)c1ccc2c(c1)N(CCF)C(=O)CS2. The molecule has 1 N–H and O–H groups in total. The molecule has 0 saturated heterocycles. The molecule has 1 aromatic rings. The molecule has 0 fully saturated rings. The van der Waals surface area contributed by atoms with E-state index in [1.165, 1.54) is 16.7 Å². The molecule has 0 radical (unpaired) electrons. The molecule has 92 valence electrons. The largest absolute Gasteiger partial charge is 0.389 e. The molecule has 17 heavy (non-hydrogen) atoms. The molecule has 0 spiro atoms. The Morgan fingerprint density at radius 3 is 3.00 bits per heavy atom. The number of hydrogen-bond donors (Lipinski definition) is 1. The van der Waals surface area contributed by atoms with E-state index < -0.39 is 12.8 Å². The number of aliphatic hydroxyl groups excluding tert-OH is 1. The first kappa shape index (κ1) is 12.4. The van der Waals surface area contributed by atoms with Gasteiger partial charge in [0.05, 0.1) is 24.1 Å². The average Bonchev–Trinajstić information content (AvgIpc) is 2.32. The van der Waals surface area contributed by atoms with Crippen LogP contribution in [-0.2, 0) is 4.79 Å². The topological polar surface area (TPSA) is 40.5 Å². The molecule has 1 atom stereocenters. The quantitative estimate of drug-likeness (QED) is 0.899. The summed E-state index contributed by atoms with van der Waals surface area (Å²) < 4.78 is 12.5. The number of thioether (sulfide) groups is 1. The van der Waals surface area contributed by atoms with Gasteiger partial charge in [-0.2, -0.15) is 0 Å². The van der Waals surface area contributed by atoms with Crippen molar-refractivity contribution in [2.45, 2.75) is 17.9 Å². The highest BCUT2D eigenvalue weighted by Crippen LogP contribution is 2.36. The van der Waals surface area contributed by atoms with Crippen LogP contribution in [0.15, 0.2) is 23.1 Å². The van der Waals surface area contributed by atoms with Crippen LogP contribution in [-0.4, -0.2) is 30.0 Å². The molecule has 1 aliphatic rings. The first-order valence-corrected chi connectivity index (χ1v) is 6.43. The molecular formula is C12H14FNO2S. The van der Waals surface area contributed by atoms with E-state index in [0.717, 1.165) is 10.5 Å². The second-order valence-electron chi connectivity index (χ2n) is 3.93. The number of alkyl halides is 1. The van der Waals surface area contributed by atoms with Crippen molar-refractivity contribution >= 4 is 23.4 Å². The summed E-state index contributed by atoms with van der Waals surface area (Å²) in [5.41, 5.74) is 1.45. The maximum atomic E-state index is 12.5. The van der Waals surface area contributed by atoms with Crippen molar-refractivity contribution in [3.05, 3.63) is 23.8 Å². The van der Waals surface area contributed by atoms with Gasteiger partial charge in [0.25, 0.3) is 0 Å². The molecule has 0 aromatic heterocycles.